The quantitative estimate of drug-likeness (QED) is 0.436. The average molecular weight is 402 g/mol. The van der Waals surface area contributed by atoms with Crippen molar-refractivity contribution >= 4 is 28.8 Å². The number of thiocarbonyl (C=S) groups is 1. The maximum atomic E-state index is 13.6. The molecule has 0 spiro atoms. The molecule has 1 heterocycles. The summed E-state index contributed by atoms with van der Waals surface area (Å²) < 4.78 is 0. The highest BCUT2D eigenvalue weighted by molar-refractivity contribution is 7.80. The summed E-state index contributed by atoms with van der Waals surface area (Å²) in [5.74, 6) is -0.334. The number of benzene rings is 3. The van der Waals surface area contributed by atoms with Gasteiger partial charge in [-0.1, -0.05) is 78.4 Å². The second kappa shape index (κ2) is 8.45. The van der Waals surface area contributed by atoms with Gasteiger partial charge in [0.05, 0.1) is 12.0 Å². The fourth-order valence-electron chi connectivity index (χ4n) is 3.70. The third kappa shape index (κ3) is 4.30. The van der Waals surface area contributed by atoms with Gasteiger partial charge in [0.15, 0.2) is 10.9 Å². The first-order chi connectivity index (χ1) is 14.1. The van der Waals surface area contributed by atoms with E-state index in [0.717, 1.165) is 11.3 Å². The van der Waals surface area contributed by atoms with E-state index in [2.05, 4.69) is 47.1 Å². The minimum atomic E-state index is -0.396. The van der Waals surface area contributed by atoms with E-state index in [9.17, 15) is 4.79 Å². The largest absolute Gasteiger partial charge is 0.365 e. The van der Waals surface area contributed by atoms with Crippen LogP contribution < -0.4 is 16.0 Å². The first-order valence-electron chi connectivity index (χ1n) is 9.66. The van der Waals surface area contributed by atoms with Crippen molar-refractivity contribution in [3.8, 4) is 0 Å². The van der Waals surface area contributed by atoms with Crippen LogP contribution in [0, 0.1) is 12.8 Å². The third-order valence-corrected chi connectivity index (χ3v) is 5.42. The van der Waals surface area contributed by atoms with Gasteiger partial charge in [-0.25, -0.2) is 0 Å². The maximum Gasteiger partial charge on any atom is 0.172 e. The predicted molar refractivity (Wildman–Crippen MR) is 121 cm³/mol. The zero-order valence-electron chi connectivity index (χ0n) is 16.1. The summed E-state index contributed by atoms with van der Waals surface area (Å²) >= 11 is 5.48. The van der Waals surface area contributed by atoms with E-state index in [-0.39, 0.29) is 18.0 Å². The molecule has 1 saturated heterocycles. The zero-order chi connectivity index (χ0) is 20.2. The normalized spacial score (nSPS) is 21.0. The number of aryl methyl sites for hydroxylation is 1. The van der Waals surface area contributed by atoms with Crippen molar-refractivity contribution in [3.63, 3.8) is 0 Å². The molecule has 0 radical (unpaired) electrons. The fourth-order valence-corrected chi connectivity index (χ4v) is 3.95. The third-order valence-electron chi connectivity index (χ3n) is 5.18. The van der Waals surface area contributed by atoms with Crippen LogP contribution in [0.25, 0.3) is 0 Å². The van der Waals surface area contributed by atoms with Crippen LogP contribution in [0.3, 0.4) is 0 Å². The minimum absolute atomic E-state index is 0.0621. The summed E-state index contributed by atoms with van der Waals surface area (Å²) in [5, 5.41) is 10.6. The number of rotatable bonds is 5. The first kappa shape index (κ1) is 19.2. The minimum Gasteiger partial charge on any atom is -0.365 e. The second-order valence-electron chi connectivity index (χ2n) is 7.25. The molecule has 0 unspecified atom stereocenters. The molecule has 1 aliphatic rings. The van der Waals surface area contributed by atoms with Crippen molar-refractivity contribution in [2.75, 3.05) is 5.32 Å². The molecule has 0 aromatic heterocycles. The molecule has 5 heteroatoms. The van der Waals surface area contributed by atoms with E-state index >= 15 is 0 Å². The Balaban J connectivity index is 1.74. The molecule has 0 aliphatic carbocycles. The molecule has 3 N–H and O–H groups in total. The van der Waals surface area contributed by atoms with E-state index in [1.807, 2.05) is 60.7 Å². The Morgan fingerprint density at radius 3 is 2.14 bits per heavy atom. The van der Waals surface area contributed by atoms with Crippen molar-refractivity contribution in [1.82, 2.24) is 10.6 Å². The van der Waals surface area contributed by atoms with Crippen LogP contribution in [0.15, 0.2) is 84.9 Å². The number of carbonyl (C=O) groups is 1. The number of carbonyl (C=O) groups excluding carboxylic acids is 1. The van der Waals surface area contributed by atoms with Crippen molar-refractivity contribution in [3.05, 3.63) is 102 Å². The smallest absolute Gasteiger partial charge is 0.172 e. The Morgan fingerprint density at radius 2 is 1.48 bits per heavy atom. The molecular formula is C24H23N3OS. The molecule has 3 atom stereocenters. The topological polar surface area (TPSA) is 53.2 Å². The van der Waals surface area contributed by atoms with E-state index in [4.69, 9.17) is 12.2 Å². The van der Waals surface area contributed by atoms with Crippen molar-refractivity contribution in [1.29, 1.82) is 0 Å². The van der Waals surface area contributed by atoms with Crippen LogP contribution in [0.5, 0.6) is 0 Å². The van der Waals surface area contributed by atoms with E-state index in [0.29, 0.717) is 10.7 Å². The van der Waals surface area contributed by atoms with Crippen molar-refractivity contribution in [2.24, 2.45) is 5.92 Å². The molecule has 1 fully saturated rings. The van der Waals surface area contributed by atoms with Gasteiger partial charge in [0.1, 0.15) is 6.17 Å². The lowest BCUT2D eigenvalue weighted by atomic mass is 9.82. The highest BCUT2D eigenvalue weighted by atomic mass is 32.1. The SMILES string of the molecule is Cc1ccc([C@@H]2NC(=S)N[C@H](Nc3ccccc3)[C@@H]2C(=O)c2ccccc2)cc1. The Bertz CT molecular complexity index is 990. The summed E-state index contributed by atoms with van der Waals surface area (Å²) in [5.41, 5.74) is 3.83. The monoisotopic (exact) mass is 401 g/mol. The van der Waals surface area contributed by atoms with Crippen LogP contribution in [0.4, 0.5) is 5.69 Å². The number of hydrogen-bond donors (Lipinski definition) is 3. The molecule has 0 amide bonds. The number of Topliss-reactive ketones (excluding diaryl/α,β-unsaturated/α-hetero) is 1. The lowest BCUT2D eigenvalue weighted by molar-refractivity contribution is 0.0862. The number of anilines is 1. The van der Waals surface area contributed by atoms with Gasteiger partial charge in [-0.2, -0.15) is 0 Å². The van der Waals surface area contributed by atoms with Crippen molar-refractivity contribution in [2.45, 2.75) is 19.1 Å². The van der Waals surface area contributed by atoms with Gasteiger partial charge in [-0.15, -0.1) is 0 Å². The number of para-hydroxylation sites is 1. The highest BCUT2D eigenvalue weighted by Gasteiger charge is 2.41. The zero-order valence-corrected chi connectivity index (χ0v) is 16.9. The average Bonchev–Trinajstić information content (AvgIpc) is 2.75. The standard InChI is InChI=1S/C24H23N3OS/c1-16-12-14-17(15-13-16)21-20(22(28)18-8-4-2-5-9-18)23(27-24(29)26-21)25-19-10-6-3-7-11-19/h2-15,20-21,23,25H,1H3,(H2,26,27,29)/t20-,21-,23-/m0/s1. The van der Waals surface area contributed by atoms with Gasteiger partial charge in [0, 0.05) is 11.3 Å². The summed E-state index contributed by atoms with van der Waals surface area (Å²) in [6, 6.07) is 27.3. The molecule has 29 heavy (non-hydrogen) atoms. The molecule has 0 bridgehead atoms. The van der Waals surface area contributed by atoms with Crippen molar-refractivity contribution < 1.29 is 4.79 Å². The molecule has 146 valence electrons. The van der Waals surface area contributed by atoms with E-state index in [1.54, 1.807) is 0 Å². The van der Waals surface area contributed by atoms with Gasteiger partial charge in [-0.05, 0) is 36.8 Å². The van der Waals surface area contributed by atoms with Gasteiger partial charge in [0.2, 0.25) is 0 Å². The molecule has 4 rings (SSSR count). The van der Waals surface area contributed by atoms with Crippen LogP contribution in [-0.2, 0) is 0 Å². The lowest BCUT2D eigenvalue weighted by Gasteiger charge is -2.41. The number of ketones is 1. The highest BCUT2D eigenvalue weighted by Crippen LogP contribution is 2.31. The van der Waals surface area contributed by atoms with Gasteiger partial charge in [0.25, 0.3) is 0 Å². The Morgan fingerprint density at radius 1 is 0.862 bits per heavy atom. The van der Waals surface area contributed by atoms with E-state index < -0.39 is 5.92 Å². The maximum absolute atomic E-state index is 13.6. The van der Waals surface area contributed by atoms with E-state index in [1.165, 1.54) is 5.56 Å². The van der Waals surface area contributed by atoms with Gasteiger partial charge < -0.3 is 16.0 Å². The van der Waals surface area contributed by atoms with Crippen LogP contribution in [-0.4, -0.2) is 17.1 Å². The Hall–Kier alpha value is -3.18. The molecule has 1 aliphatic heterocycles. The van der Waals surface area contributed by atoms with Gasteiger partial charge >= 0.3 is 0 Å². The molecule has 4 nitrogen and oxygen atoms in total. The summed E-state index contributed by atoms with van der Waals surface area (Å²) in [7, 11) is 0. The summed E-state index contributed by atoms with van der Waals surface area (Å²) in [6.07, 6.45) is -0.342. The second-order valence-corrected chi connectivity index (χ2v) is 7.66. The van der Waals surface area contributed by atoms with Crippen LogP contribution in [0.2, 0.25) is 0 Å². The first-order valence-corrected chi connectivity index (χ1v) is 10.1. The van der Waals surface area contributed by atoms with Crippen LogP contribution >= 0.6 is 12.2 Å². The Labute approximate surface area is 176 Å². The molecular weight excluding hydrogens is 378 g/mol. The summed E-state index contributed by atoms with van der Waals surface area (Å²) in [4.78, 5) is 13.6. The fraction of sp³-hybridized carbons (Fsp3) is 0.167. The predicted octanol–water partition coefficient (Wildman–Crippen LogP) is 4.45. The van der Waals surface area contributed by atoms with Gasteiger partial charge in [-0.3, -0.25) is 4.79 Å². The Kier molecular flexibility index (Phi) is 5.58. The molecule has 3 aromatic rings. The molecule has 0 saturated carbocycles. The van der Waals surface area contributed by atoms with Crippen LogP contribution in [0.1, 0.15) is 27.5 Å². The lowest BCUT2D eigenvalue weighted by Crippen LogP contribution is -2.61. The number of hydrogen-bond acceptors (Lipinski definition) is 3. The summed E-state index contributed by atoms with van der Waals surface area (Å²) in [6.45, 7) is 2.05. The number of nitrogens with one attached hydrogen (secondary N) is 3. The molecule has 3 aromatic carbocycles.